The first-order chi connectivity index (χ1) is 13.4. The highest BCUT2D eigenvalue weighted by atomic mass is 32.1. The lowest BCUT2D eigenvalue weighted by Crippen LogP contribution is -2.36. The molecule has 1 aromatic carbocycles. The first-order valence-corrected chi connectivity index (χ1v) is 10.5. The molecule has 1 unspecified atom stereocenters. The molecular formula is C22H25N3O2S. The Kier molecular flexibility index (Phi) is 4.98. The average Bonchev–Trinajstić information content (AvgIpc) is 3.40. The number of likely N-dealkylation sites (tertiary alicyclic amines) is 1. The molecule has 0 bridgehead atoms. The SMILES string of the molecule is CC(C)(C)OC(=O)N1CCCC1c1ncc(-c2ccc(-c3cccs3)cc2)[nH]1. The van der Waals surface area contributed by atoms with Gasteiger partial charge >= 0.3 is 6.09 Å². The van der Waals surface area contributed by atoms with Crippen LogP contribution >= 0.6 is 11.3 Å². The summed E-state index contributed by atoms with van der Waals surface area (Å²) >= 11 is 1.74. The fourth-order valence-electron chi connectivity index (χ4n) is 3.50. The van der Waals surface area contributed by atoms with Crippen molar-refractivity contribution in [1.29, 1.82) is 0 Å². The lowest BCUT2D eigenvalue weighted by atomic mass is 10.1. The number of hydrogen-bond acceptors (Lipinski definition) is 4. The number of hydrogen-bond donors (Lipinski definition) is 1. The van der Waals surface area contributed by atoms with Crippen LogP contribution in [0.2, 0.25) is 0 Å². The van der Waals surface area contributed by atoms with Gasteiger partial charge in [-0.1, -0.05) is 30.3 Å². The quantitative estimate of drug-likeness (QED) is 0.603. The summed E-state index contributed by atoms with van der Waals surface area (Å²) in [6.07, 6.45) is 3.42. The molecule has 1 atom stereocenters. The standard InChI is InChI=1S/C22H25N3O2S/c1-22(2,3)27-21(26)25-12-4-6-18(25)20-23-14-17(24-20)15-8-10-16(11-9-15)19-7-5-13-28-19/h5,7-11,13-14,18H,4,6,12H2,1-3H3,(H,23,24). The number of nitrogens with zero attached hydrogens (tertiary/aromatic N) is 2. The first-order valence-electron chi connectivity index (χ1n) is 9.59. The zero-order valence-corrected chi connectivity index (χ0v) is 17.3. The van der Waals surface area contributed by atoms with E-state index in [9.17, 15) is 4.79 Å². The van der Waals surface area contributed by atoms with E-state index >= 15 is 0 Å². The number of carbonyl (C=O) groups excluding carboxylic acids is 1. The van der Waals surface area contributed by atoms with Gasteiger partial charge < -0.3 is 9.72 Å². The highest BCUT2D eigenvalue weighted by molar-refractivity contribution is 7.13. The van der Waals surface area contributed by atoms with Crippen molar-refractivity contribution >= 4 is 17.4 Å². The Morgan fingerprint density at radius 2 is 1.96 bits per heavy atom. The normalized spacial score (nSPS) is 17.1. The molecule has 4 rings (SSSR count). The number of aromatic amines is 1. The monoisotopic (exact) mass is 395 g/mol. The number of carbonyl (C=O) groups is 1. The second-order valence-corrected chi connectivity index (χ2v) is 9.02. The van der Waals surface area contributed by atoms with Gasteiger partial charge in [0.15, 0.2) is 0 Å². The maximum Gasteiger partial charge on any atom is 0.410 e. The summed E-state index contributed by atoms with van der Waals surface area (Å²) in [7, 11) is 0. The average molecular weight is 396 g/mol. The van der Waals surface area contributed by atoms with Crippen LogP contribution in [0.3, 0.4) is 0 Å². The molecule has 1 fully saturated rings. The summed E-state index contributed by atoms with van der Waals surface area (Å²) in [5, 5.41) is 2.09. The first kappa shape index (κ1) is 18.7. The summed E-state index contributed by atoms with van der Waals surface area (Å²) in [5.41, 5.74) is 2.76. The van der Waals surface area contributed by atoms with Crippen molar-refractivity contribution in [1.82, 2.24) is 14.9 Å². The summed E-state index contributed by atoms with van der Waals surface area (Å²) < 4.78 is 5.56. The molecule has 1 aliphatic heterocycles. The van der Waals surface area contributed by atoms with Crippen molar-refractivity contribution < 1.29 is 9.53 Å². The summed E-state index contributed by atoms with van der Waals surface area (Å²) in [4.78, 5) is 23.6. The lowest BCUT2D eigenvalue weighted by molar-refractivity contribution is 0.0219. The summed E-state index contributed by atoms with van der Waals surface area (Å²) in [6, 6.07) is 12.6. The number of rotatable bonds is 3. The van der Waals surface area contributed by atoms with Gasteiger partial charge in [-0.15, -0.1) is 11.3 Å². The van der Waals surface area contributed by atoms with Crippen molar-refractivity contribution in [3.8, 4) is 21.7 Å². The van der Waals surface area contributed by atoms with E-state index in [-0.39, 0.29) is 12.1 Å². The lowest BCUT2D eigenvalue weighted by Gasteiger charge is -2.27. The molecule has 1 saturated heterocycles. The Bertz CT molecular complexity index is 939. The number of benzene rings is 1. The van der Waals surface area contributed by atoms with Crippen LogP contribution in [-0.2, 0) is 4.74 Å². The Morgan fingerprint density at radius 3 is 2.64 bits per heavy atom. The Morgan fingerprint density at radius 1 is 1.21 bits per heavy atom. The van der Waals surface area contributed by atoms with Crippen molar-refractivity contribution in [3.63, 3.8) is 0 Å². The molecule has 2 aromatic heterocycles. The van der Waals surface area contributed by atoms with E-state index in [0.29, 0.717) is 6.54 Å². The Hall–Kier alpha value is -2.60. The third-order valence-electron chi connectivity index (χ3n) is 4.79. The predicted molar refractivity (Wildman–Crippen MR) is 112 cm³/mol. The highest BCUT2D eigenvalue weighted by Crippen LogP contribution is 2.33. The molecule has 3 aromatic rings. The van der Waals surface area contributed by atoms with E-state index < -0.39 is 5.60 Å². The zero-order valence-electron chi connectivity index (χ0n) is 16.4. The molecule has 146 valence electrons. The van der Waals surface area contributed by atoms with Crippen molar-refractivity contribution in [2.45, 2.75) is 45.3 Å². The van der Waals surface area contributed by atoms with Crippen LogP contribution in [0.4, 0.5) is 4.79 Å². The number of amides is 1. The van der Waals surface area contributed by atoms with E-state index in [1.807, 2.05) is 27.0 Å². The summed E-state index contributed by atoms with van der Waals surface area (Å²) in [5.74, 6) is 0.820. The molecule has 6 heteroatoms. The van der Waals surface area contributed by atoms with Gasteiger partial charge in [0.2, 0.25) is 0 Å². The van der Waals surface area contributed by atoms with Crippen LogP contribution in [-0.4, -0.2) is 33.1 Å². The van der Waals surface area contributed by atoms with Crippen molar-refractivity contribution in [2.75, 3.05) is 6.54 Å². The molecule has 1 aliphatic rings. The number of ether oxygens (including phenoxy) is 1. The maximum atomic E-state index is 12.5. The molecule has 28 heavy (non-hydrogen) atoms. The van der Waals surface area contributed by atoms with Crippen LogP contribution in [0.25, 0.3) is 21.7 Å². The molecular weight excluding hydrogens is 370 g/mol. The predicted octanol–water partition coefficient (Wildman–Crippen LogP) is 5.88. The number of H-pyrrole nitrogens is 1. The van der Waals surface area contributed by atoms with Crippen molar-refractivity contribution in [2.24, 2.45) is 0 Å². The fraction of sp³-hybridized carbons (Fsp3) is 0.364. The van der Waals surface area contributed by atoms with E-state index in [2.05, 4.69) is 51.7 Å². The van der Waals surface area contributed by atoms with E-state index in [0.717, 1.165) is 29.9 Å². The number of aromatic nitrogens is 2. The van der Waals surface area contributed by atoms with Gasteiger partial charge in [0.25, 0.3) is 0 Å². The van der Waals surface area contributed by atoms with E-state index in [1.54, 1.807) is 16.2 Å². The Balaban J connectivity index is 1.51. The number of nitrogens with one attached hydrogen (secondary N) is 1. The zero-order chi connectivity index (χ0) is 19.7. The topological polar surface area (TPSA) is 58.2 Å². The van der Waals surface area contributed by atoms with Crippen LogP contribution < -0.4 is 0 Å². The van der Waals surface area contributed by atoms with Gasteiger partial charge in [-0.2, -0.15) is 0 Å². The van der Waals surface area contributed by atoms with Crippen molar-refractivity contribution in [3.05, 3.63) is 53.8 Å². The van der Waals surface area contributed by atoms with Crippen LogP contribution in [0.15, 0.2) is 48.0 Å². The summed E-state index contributed by atoms with van der Waals surface area (Å²) in [6.45, 7) is 6.37. The van der Waals surface area contributed by atoms with E-state index in [4.69, 9.17) is 4.74 Å². The van der Waals surface area contributed by atoms with Gasteiger partial charge in [0.05, 0.1) is 17.9 Å². The second kappa shape index (κ2) is 7.43. The number of thiophene rings is 1. The Labute approximate surface area is 169 Å². The molecule has 1 amide bonds. The molecule has 0 aliphatic carbocycles. The van der Waals surface area contributed by atoms with Gasteiger partial charge in [-0.25, -0.2) is 9.78 Å². The maximum absolute atomic E-state index is 12.5. The van der Waals surface area contributed by atoms with E-state index in [1.165, 1.54) is 10.4 Å². The minimum absolute atomic E-state index is 0.0611. The minimum atomic E-state index is -0.497. The minimum Gasteiger partial charge on any atom is -0.444 e. The molecule has 0 spiro atoms. The van der Waals surface area contributed by atoms with Gasteiger partial charge in [-0.3, -0.25) is 4.90 Å². The fourth-order valence-corrected chi connectivity index (χ4v) is 4.23. The molecule has 1 N–H and O–H groups in total. The largest absolute Gasteiger partial charge is 0.444 e. The molecule has 5 nitrogen and oxygen atoms in total. The van der Waals surface area contributed by atoms with Crippen LogP contribution in [0, 0.1) is 0 Å². The van der Waals surface area contributed by atoms with Gasteiger partial charge in [0, 0.05) is 11.4 Å². The van der Waals surface area contributed by atoms with Gasteiger partial charge in [0.1, 0.15) is 11.4 Å². The molecule has 0 saturated carbocycles. The van der Waals surface area contributed by atoms with Crippen LogP contribution in [0.5, 0.6) is 0 Å². The highest BCUT2D eigenvalue weighted by Gasteiger charge is 2.34. The third-order valence-corrected chi connectivity index (χ3v) is 5.71. The van der Waals surface area contributed by atoms with Gasteiger partial charge in [-0.05, 0) is 56.2 Å². The molecule has 0 radical (unpaired) electrons. The third kappa shape index (κ3) is 3.97. The molecule has 3 heterocycles. The van der Waals surface area contributed by atoms with Crippen LogP contribution in [0.1, 0.15) is 45.5 Å². The number of imidazole rings is 1. The smallest absolute Gasteiger partial charge is 0.410 e. The second-order valence-electron chi connectivity index (χ2n) is 8.07.